The fourth-order valence-corrected chi connectivity index (χ4v) is 2.82. The summed E-state index contributed by atoms with van der Waals surface area (Å²) in [6.45, 7) is 3.12. The van der Waals surface area contributed by atoms with Crippen LogP contribution in [0.5, 0.6) is 11.5 Å². The summed E-state index contributed by atoms with van der Waals surface area (Å²) in [4.78, 5) is 12.0. The van der Waals surface area contributed by atoms with Gasteiger partial charge in [0.2, 0.25) is 5.69 Å². The standard InChI is InChI=1S/C20H23N3O4/c1-14-4-7-16(8-5-14)23-17(20(24)27-22-23)13-21-11-10-15-6-9-18(25-2)19(12-15)26-3/h4-9,12,21H,10-11,13H2,1-3H3/p+1. The zero-order chi connectivity index (χ0) is 19.2. The average molecular weight is 370 g/mol. The highest BCUT2D eigenvalue weighted by atomic mass is 16.5. The van der Waals surface area contributed by atoms with Crippen LogP contribution in [0.2, 0.25) is 0 Å². The van der Waals surface area contributed by atoms with E-state index in [1.165, 1.54) is 0 Å². The largest absolute Gasteiger partial charge is 0.493 e. The number of benzene rings is 2. The summed E-state index contributed by atoms with van der Waals surface area (Å²) in [5.41, 5.74) is 3.26. The molecule has 7 nitrogen and oxygen atoms in total. The predicted octanol–water partition coefficient (Wildman–Crippen LogP) is 1.90. The molecule has 0 aliphatic heterocycles. The third kappa shape index (κ3) is 4.38. The molecular formula is C20H24N3O4+. The maximum absolute atomic E-state index is 12.0. The van der Waals surface area contributed by atoms with Crippen molar-refractivity contribution in [3.63, 3.8) is 0 Å². The highest BCUT2D eigenvalue weighted by Gasteiger charge is 2.22. The van der Waals surface area contributed by atoms with Gasteiger partial charge in [-0.15, -0.1) is 0 Å². The number of ether oxygens (including phenoxy) is 2. The number of aromatic nitrogens is 2. The number of aromatic amines is 1. The summed E-state index contributed by atoms with van der Waals surface area (Å²) in [6, 6.07) is 13.7. The van der Waals surface area contributed by atoms with Crippen molar-refractivity contribution in [2.75, 3.05) is 20.8 Å². The fraction of sp³-hybridized carbons (Fsp3) is 0.300. The predicted molar refractivity (Wildman–Crippen MR) is 101 cm³/mol. The third-order valence-electron chi connectivity index (χ3n) is 4.36. The zero-order valence-electron chi connectivity index (χ0n) is 15.7. The fourth-order valence-electron chi connectivity index (χ4n) is 2.82. The molecule has 142 valence electrons. The lowest BCUT2D eigenvalue weighted by molar-refractivity contribution is -0.677. The van der Waals surface area contributed by atoms with Gasteiger partial charge in [0.05, 0.1) is 20.8 Å². The lowest BCUT2D eigenvalue weighted by Gasteiger charge is -2.09. The Morgan fingerprint density at radius 2 is 1.81 bits per heavy atom. The summed E-state index contributed by atoms with van der Waals surface area (Å²) in [6.07, 6.45) is 0.792. The van der Waals surface area contributed by atoms with Gasteiger partial charge in [0.1, 0.15) is 0 Å². The van der Waals surface area contributed by atoms with E-state index in [4.69, 9.17) is 14.0 Å². The maximum Gasteiger partial charge on any atom is 0.431 e. The smallest absolute Gasteiger partial charge is 0.431 e. The number of H-pyrrole nitrogens is 1. The molecule has 1 heterocycles. The number of nitrogens with zero attached hydrogens (tertiary/aromatic N) is 1. The lowest BCUT2D eigenvalue weighted by atomic mass is 10.1. The van der Waals surface area contributed by atoms with Crippen molar-refractivity contribution in [2.45, 2.75) is 19.9 Å². The van der Waals surface area contributed by atoms with Gasteiger partial charge in [0.25, 0.3) is 0 Å². The average Bonchev–Trinajstić information content (AvgIpc) is 3.06. The first-order valence-electron chi connectivity index (χ1n) is 8.73. The molecule has 3 aromatic rings. The molecule has 0 saturated carbocycles. The highest BCUT2D eigenvalue weighted by Crippen LogP contribution is 2.27. The van der Waals surface area contributed by atoms with E-state index >= 15 is 0 Å². The minimum absolute atomic E-state index is 0.380. The second-order valence-corrected chi connectivity index (χ2v) is 6.21. The first-order valence-corrected chi connectivity index (χ1v) is 8.73. The molecular weight excluding hydrogens is 346 g/mol. The van der Waals surface area contributed by atoms with Crippen molar-refractivity contribution < 1.29 is 18.7 Å². The number of aryl methyl sites for hydroxylation is 1. The zero-order valence-corrected chi connectivity index (χ0v) is 15.7. The van der Waals surface area contributed by atoms with Gasteiger partial charge in [0, 0.05) is 12.1 Å². The Labute approximate surface area is 157 Å². The Hall–Kier alpha value is -3.06. The van der Waals surface area contributed by atoms with E-state index in [-0.39, 0.29) is 5.63 Å². The van der Waals surface area contributed by atoms with E-state index in [2.05, 4.69) is 10.6 Å². The number of hydrogen-bond donors (Lipinski definition) is 2. The Kier molecular flexibility index (Phi) is 5.93. The summed E-state index contributed by atoms with van der Waals surface area (Å²) in [7, 11) is 3.24. The van der Waals surface area contributed by atoms with Crippen LogP contribution in [-0.4, -0.2) is 26.0 Å². The first-order chi connectivity index (χ1) is 13.1. The van der Waals surface area contributed by atoms with E-state index in [1.54, 1.807) is 18.9 Å². The molecule has 2 N–H and O–H groups in total. The van der Waals surface area contributed by atoms with Gasteiger partial charge >= 0.3 is 11.3 Å². The summed E-state index contributed by atoms with van der Waals surface area (Å²) < 4.78 is 17.2. The molecule has 1 aromatic heterocycles. The van der Waals surface area contributed by atoms with Crippen molar-refractivity contribution in [1.82, 2.24) is 10.6 Å². The molecule has 7 heteroatoms. The number of rotatable bonds is 8. The van der Waals surface area contributed by atoms with Crippen LogP contribution in [0.1, 0.15) is 16.8 Å². The van der Waals surface area contributed by atoms with Gasteiger partial charge < -0.3 is 14.8 Å². The second-order valence-electron chi connectivity index (χ2n) is 6.21. The van der Waals surface area contributed by atoms with Crippen molar-refractivity contribution in [3.8, 4) is 17.2 Å². The van der Waals surface area contributed by atoms with Crippen LogP contribution >= 0.6 is 0 Å². The minimum Gasteiger partial charge on any atom is -0.493 e. The van der Waals surface area contributed by atoms with Crippen LogP contribution in [0, 0.1) is 6.92 Å². The molecule has 0 unspecified atom stereocenters. The Balaban J connectivity index is 1.62. The summed E-state index contributed by atoms with van der Waals surface area (Å²) in [5, 5.41) is 5.95. The molecule has 0 aliphatic rings. The van der Waals surface area contributed by atoms with Crippen LogP contribution < -0.4 is 25.1 Å². The van der Waals surface area contributed by atoms with Gasteiger partial charge in [-0.05, 0) is 47.5 Å². The summed E-state index contributed by atoms with van der Waals surface area (Å²) >= 11 is 0. The molecule has 27 heavy (non-hydrogen) atoms. The molecule has 0 radical (unpaired) electrons. The number of hydrogen-bond acceptors (Lipinski definition) is 5. The Morgan fingerprint density at radius 1 is 1.07 bits per heavy atom. The lowest BCUT2D eigenvalue weighted by Crippen LogP contribution is -2.41. The topological polar surface area (TPSA) is 80.4 Å². The van der Waals surface area contributed by atoms with Crippen molar-refractivity contribution >= 4 is 0 Å². The van der Waals surface area contributed by atoms with Gasteiger partial charge in [0.15, 0.2) is 11.5 Å². The molecule has 0 aliphatic carbocycles. The van der Waals surface area contributed by atoms with Crippen molar-refractivity contribution in [2.24, 2.45) is 0 Å². The summed E-state index contributed by atoms with van der Waals surface area (Å²) in [5.74, 6) is 1.41. The van der Waals surface area contributed by atoms with Crippen molar-refractivity contribution in [3.05, 3.63) is 69.7 Å². The molecule has 0 amide bonds. The molecule has 0 bridgehead atoms. The monoisotopic (exact) mass is 370 g/mol. The number of nitrogens with one attached hydrogen (secondary N) is 2. The van der Waals surface area contributed by atoms with Crippen LogP contribution in [-0.2, 0) is 13.0 Å². The molecule has 3 rings (SSSR count). The van der Waals surface area contributed by atoms with Gasteiger partial charge in [-0.25, -0.2) is 4.79 Å². The first kappa shape index (κ1) is 18.7. The maximum atomic E-state index is 12.0. The minimum atomic E-state index is -0.380. The second kappa shape index (κ2) is 8.55. The SMILES string of the molecule is COc1ccc(CCNCc2c(=O)o[nH][n+]2-c2ccc(C)cc2)cc1OC. The normalized spacial score (nSPS) is 10.8. The molecule has 0 saturated heterocycles. The van der Waals surface area contributed by atoms with E-state index in [1.807, 2.05) is 49.4 Å². The van der Waals surface area contributed by atoms with E-state index in [0.717, 1.165) is 23.2 Å². The van der Waals surface area contributed by atoms with E-state index in [9.17, 15) is 4.79 Å². The van der Waals surface area contributed by atoms with Crippen LogP contribution in [0.25, 0.3) is 5.69 Å². The van der Waals surface area contributed by atoms with Crippen LogP contribution in [0.15, 0.2) is 51.8 Å². The van der Waals surface area contributed by atoms with E-state index in [0.29, 0.717) is 30.3 Å². The highest BCUT2D eigenvalue weighted by molar-refractivity contribution is 5.42. The van der Waals surface area contributed by atoms with E-state index < -0.39 is 0 Å². The molecule has 0 fully saturated rings. The quantitative estimate of drug-likeness (QED) is 0.468. The van der Waals surface area contributed by atoms with Crippen LogP contribution in [0.4, 0.5) is 0 Å². The Morgan fingerprint density at radius 3 is 2.52 bits per heavy atom. The number of methoxy groups -OCH3 is 2. The molecule has 0 atom stereocenters. The van der Waals surface area contributed by atoms with Gasteiger partial charge in [-0.3, -0.25) is 4.52 Å². The molecule has 0 spiro atoms. The Bertz CT molecular complexity index is 945. The third-order valence-corrected chi connectivity index (χ3v) is 4.36. The molecule has 2 aromatic carbocycles. The van der Waals surface area contributed by atoms with Crippen LogP contribution in [0.3, 0.4) is 0 Å². The van der Waals surface area contributed by atoms with Crippen molar-refractivity contribution in [1.29, 1.82) is 0 Å². The van der Waals surface area contributed by atoms with Gasteiger partial charge in [-0.1, -0.05) is 23.8 Å². The van der Waals surface area contributed by atoms with Gasteiger partial charge in [-0.2, -0.15) is 0 Å².